The normalized spacial score (nSPS) is 11.5. The minimum Gasteiger partial charge on any atom is -0.497 e. The fraction of sp³-hybridized carbons (Fsp3) is 0.118. The lowest BCUT2D eigenvalue weighted by Crippen LogP contribution is -2.23. The molecule has 2 aromatic carbocycles. The molecule has 5 nitrogen and oxygen atoms in total. The first-order chi connectivity index (χ1) is 11.1. The van der Waals surface area contributed by atoms with Crippen molar-refractivity contribution in [1.29, 1.82) is 0 Å². The van der Waals surface area contributed by atoms with Crippen LogP contribution in [0.15, 0.2) is 65.7 Å². The van der Waals surface area contributed by atoms with Crippen molar-refractivity contribution in [2.45, 2.75) is 11.4 Å². The molecule has 1 aromatic heterocycles. The summed E-state index contributed by atoms with van der Waals surface area (Å²) in [6.45, 7) is 0.135. The highest BCUT2D eigenvalue weighted by Gasteiger charge is 2.14. The quantitative estimate of drug-likeness (QED) is 0.782. The lowest BCUT2D eigenvalue weighted by Gasteiger charge is -2.09. The van der Waals surface area contributed by atoms with E-state index in [0.29, 0.717) is 11.4 Å². The van der Waals surface area contributed by atoms with Gasteiger partial charge in [-0.2, -0.15) is 0 Å². The summed E-state index contributed by atoms with van der Waals surface area (Å²) in [6, 6.07) is 15.9. The van der Waals surface area contributed by atoms with Gasteiger partial charge in [0.15, 0.2) is 0 Å². The van der Waals surface area contributed by atoms with Crippen molar-refractivity contribution in [2.24, 2.45) is 0 Å². The summed E-state index contributed by atoms with van der Waals surface area (Å²) in [5.74, 6) is 0.611. The monoisotopic (exact) mass is 328 g/mol. The van der Waals surface area contributed by atoms with Crippen LogP contribution in [0.1, 0.15) is 5.69 Å². The number of methoxy groups -OCH3 is 1. The van der Waals surface area contributed by atoms with Crippen molar-refractivity contribution in [3.63, 3.8) is 0 Å². The molecule has 3 aromatic rings. The average molecular weight is 328 g/mol. The Morgan fingerprint density at radius 1 is 1.04 bits per heavy atom. The summed E-state index contributed by atoms with van der Waals surface area (Å²) < 4.78 is 32.3. The fourth-order valence-corrected chi connectivity index (χ4v) is 3.31. The van der Waals surface area contributed by atoms with Crippen LogP contribution >= 0.6 is 0 Å². The van der Waals surface area contributed by atoms with Gasteiger partial charge in [0.1, 0.15) is 5.75 Å². The predicted molar refractivity (Wildman–Crippen MR) is 88.8 cm³/mol. The number of nitrogens with zero attached hydrogens (tertiary/aromatic N) is 1. The maximum Gasteiger partial charge on any atom is 0.240 e. The van der Waals surface area contributed by atoms with Crippen LogP contribution in [-0.4, -0.2) is 20.5 Å². The zero-order chi connectivity index (χ0) is 16.3. The van der Waals surface area contributed by atoms with E-state index < -0.39 is 10.0 Å². The summed E-state index contributed by atoms with van der Waals surface area (Å²) in [5.41, 5.74) is 0.695. The highest BCUT2D eigenvalue weighted by molar-refractivity contribution is 7.89. The lowest BCUT2D eigenvalue weighted by molar-refractivity contribution is 0.414. The second kappa shape index (κ2) is 6.36. The van der Waals surface area contributed by atoms with Crippen molar-refractivity contribution >= 4 is 20.8 Å². The Labute approximate surface area is 135 Å². The van der Waals surface area contributed by atoms with Gasteiger partial charge in [-0.25, -0.2) is 13.1 Å². The molecular formula is C17H16N2O3S. The molecule has 0 aliphatic heterocycles. The summed E-state index contributed by atoms with van der Waals surface area (Å²) in [7, 11) is -2.06. The smallest absolute Gasteiger partial charge is 0.240 e. The van der Waals surface area contributed by atoms with Gasteiger partial charge in [0.2, 0.25) is 10.0 Å². The van der Waals surface area contributed by atoms with Gasteiger partial charge in [0, 0.05) is 11.6 Å². The van der Waals surface area contributed by atoms with Crippen molar-refractivity contribution in [1.82, 2.24) is 9.71 Å². The number of rotatable bonds is 5. The zero-order valence-electron chi connectivity index (χ0n) is 12.6. The average Bonchev–Trinajstić information content (AvgIpc) is 2.60. The van der Waals surface area contributed by atoms with Crippen LogP contribution in [-0.2, 0) is 16.6 Å². The SMILES string of the molecule is COc1ccc(S(=O)(=O)NCc2nccc3ccccc23)cc1. The maximum absolute atomic E-state index is 12.4. The number of aromatic nitrogens is 1. The molecule has 0 aliphatic rings. The third kappa shape index (κ3) is 3.33. The standard InChI is InChI=1S/C17H16N2O3S/c1-22-14-6-8-15(9-7-14)23(20,21)19-12-17-16-5-3-2-4-13(16)10-11-18-17/h2-11,19H,12H2,1H3. The Hall–Kier alpha value is -2.44. The van der Waals surface area contributed by atoms with Gasteiger partial charge < -0.3 is 4.74 Å². The topological polar surface area (TPSA) is 68.3 Å². The van der Waals surface area contributed by atoms with Crippen LogP contribution in [0, 0.1) is 0 Å². The van der Waals surface area contributed by atoms with Crippen molar-refractivity contribution in [3.05, 3.63) is 66.5 Å². The Morgan fingerprint density at radius 2 is 1.78 bits per heavy atom. The van der Waals surface area contributed by atoms with Gasteiger partial charge in [-0.1, -0.05) is 24.3 Å². The van der Waals surface area contributed by atoms with Crippen molar-refractivity contribution in [3.8, 4) is 5.75 Å². The molecule has 0 atom stereocenters. The first-order valence-electron chi connectivity index (χ1n) is 7.06. The number of fused-ring (bicyclic) bond motifs is 1. The Bertz CT molecular complexity index is 917. The van der Waals surface area contributed by atoms with E-state index in [0.717, 1.165) is 10.8 Å². The molecule has 0 saturated heterocycles. The summed E-state index contributed by atoms with van der Waals surface area (Å²) in [4.78, 5) is 4.48. The largest absolute Gasteiger partial charge is 0.497 e. The number of hydrogen-bond acceptors (Lipinski definition) is 4. The van der Waals surface area contributed by atoms with E-state index in [-0.39, 0.29) is 11.4 Å². The highest BCUT2D eigenvalue weighted by atomic mass is 32.2. The van der Waals surface area contributed by atoms with E-state index in [4.69, 9.17) is 4.74 Å². The molecule has 1 heterocycles. The Balaban J connectivity index is 1.83. The fourth-order valence-electron chi connectivity index (χ4n) is 2.32. The molecular weight excluding hydrogens is 312 g/mol. The van der Waals surface area contributed by atoms with Crippen LogP contribution < -0.4 is 9.46 Å². The van der Waals surface area contributed by atoms with E-state index >= 15 is 0 Å². The molecule has 0 bridgehead atoms. The minimum atomic E-state index is -3.60. The van der Waals surface area contributed by atoms with Crippen LogP contribution in [0.5, 0.6) is 5.75 Å². The van der Waals surface area contributed by atoms with Gasteiger partial charge >= 0.3 is 0 Å². The van der Waals surface area contributed by atoms with Crippen LogP contribution in [0.25, 0.3) is 10.8 Å². The minimum absolute atomic E-state index is 0.135. The molecule has 0 radical (unpaired) electrons. The van der Waals surface area contributed by atoms with Gasteiger partial charge in [-0.05, 0) is 35.7 Å². The molecule has 0 fully saturated rings. The molecule has 3 rings (SSSR count). The Morgan fingerprint density at radius 3 is 2.52 bits per heavy atom. The summed E-state index contributed by atoms with van der Waals surface area (Å²) in [5, 5.41) is 1.97. The molecule has 6 heteroatoms. The zero-order valence-corrected chi connectivity index (χ0v) is 13.4. The Kier molecular flexibility index (Phi) is 4.27. The van der Waals surface area contributed by atoms with E-state index in [1.807, 2.05) is 30.3 Å². The van der Waals surface area contributed by atoms with E-state index in [9.17, 15) is 8.42 Å². The van der Waals surface area contributed by atoms with Crippen LogP contribution in [0.2, 0.25) is 0 Å². The van der Waals surface area contributed by atoms with Gasteiger partial charge in [0.25, 0.3) is 0 Å². The molecule has 118 valence electrons. The first-order valence-corrected chi connectivity index (χ1v) is 8.55. The van der Waals surface area contributed by atoms with E-state index in [1.165, 1.54) is 19.2 Å². The second-order valence-corrected chi connectivity index (χ2v) is 6.75. The number of nitrogens with one attached hydrogen (secondary N) is 1. The molecule has 0 unspecified atom stereocenters. The third-order valence-corrected chi connectivity index (χ3v) is 4.97. The third-order valence-electron chi connectivity index (χ3n) is 3.56. The molecule has 0 amide bonds. The van der Waals surface area contributed by atoms with E-state index in [2.05, 4.69) is 9.71 Å². The number of ether oxygens (including phenoxy) is 1. The van der Waals surface area contributed by atoms with Gasteiger partial charge in [-0.3, -0.25) is 4.98 Å². The van der Waals surface area contributed by atoms with Crippen molar-refractivity contribution < 1.29 is 13.2 Å². The predicted octanol–water partition coefficient (Wildman–Crippen LogP) is 2.72. The summed E-state index contributed by atoms with van der Waals surface area (Å²) in [6.07, 6.45) is 1.68. The van der Waals surface area contributed by atoms with Gasteiger partial charge in [-0.15, -0.1) is 0 Å². The molecule has 1 N–H and O–H groups in total. The lowest BCUT2D eigenvalue weighted by atomic mass is 10.1. The molecule has 0 spiro atoms. The molecule has 0 saturated carbocycles. The summed E-state index contributed by atoms with van der Waals surface area (Å²) >= 11 is 0. The molecule has 0 aliphatic carbocycles. The number of benzene rings is 2. The number of pyridine rings is 1. The van der Waals surface area contributed by atoms with Crippen LogP contribution in [0.3, 0.4) is 0 Å². The van der Waals surface area contributed by atoms with Gasteiger partial charge in [0.05, 0.1) is 24.2 Å². The second-order valence-electron chi connectivity index (χ2n) is 4.98. The first kappa shape index (κ1) is 15.5. The maximum atomic E-state index is 12.4. The van der Waals surface area contributed by atoms with Crippen LogP contribution in [0.4, 0.5) is 0 Å². The van der Waals surface area contributed by atoms with E-state index in [1.54, 1.807) is 18.3 Å². The highest BCUT2D eigenvalue weighted by Crippen LogP contribution is 2.18. The molecule has 23 heavy (non-hydrogen) atoms. The number of sulfonamides is 1. The number of hydrogen-bond donors (Lipinski definition) is 1. The van der Waals surface area contributed by atoms with Crippen molar-refractivity contribution in [2.75, 3.05) is 7.11 Å².